The zero-order valence-electron chi connectivity index (χ0n) is 5.18. The molecule has 1 aromatic rings. The van der Waals surface area contributed by atoms with E-state index < -0.39 is 0 Å². The lowest BCUT2D eigenvalue weighted by atomic mass is 10.3. The number of hydrogen-bond acceptors (Lipinski definition) is 3. The number of furan rings is 1. The maximum Gasteiger partial charge on any atom is 0.287 e. The number of anilines is 1. The molecule has 0 radical (unpaired) electrons. The Bertz CT molecular complexity index is 290. The molecule has 0 fully saturated rings. The summed E-state index contributed by atoms with van der Waals surface area (Å²) < 4.78 is 4.90. The minimum Gasteiger partial charge on any atom is -0.435 e. The molecule has 0 saturated carbocycles. The molecule has 0 bridgehead atoms. The predicted octanol–water partition coefficient (Wildman–Crippen LogP) is 0.105. The first-order chi connectivity index (χ1) is 4.77. The van der Waals surface area contributed by atoms with Crippen molar-refractivity contribution in [3.05, 3.63) is 17.4 Å². The van der Waals surface area contributed by atoms with Crippen LogP contribution in [0.1, 0.15) is 16.1 Å². The summed E-state index contributed by atoms with van der Waals surface area (Å²) in [6.07, 6.45) is 0. The Kier molecular flexibility index (Phi) is 0.818. The van der Waals surface area contributed by atoms with Gasteiger partial charge in [0.15, 0.2) is 11.6 Å². The van der Waals surface area contributed by atoms with Crippen molar-refractivity contribution < 1.29 is 9.21 Å². The Hall–Kier alpha value is -1.45. The van der Waals surface area contributed by atoms with Crippen LogP contribution in [0.5, 0.6) is 0 Å². The van der Waals surface area contributed by atoms with E-state index in [1.54, 1.807) is 6.07 Å². The van der Waals surface area contributed by atoms with E-state index in [1.165, 1.54) is 0 Å². The second-order valence-corrected chi connectivity index (χ2v) is 2.19. The van der Waals surface area contributed by atoms with Gasteiger partial charge in [0.25, 0.3) is 5.91 Å². The minimum atomic E-state index is -0.174. The molecule has 10 heavy (non-hydrogen) atoms. The fourth-order valence-electron chi connectivity index (χ4n) is 1.03. The molecular weight excluding hydrogens is 132 g/mol. The van der Waals surface area contributed by atoms with Gasteiger partial charge in [-0.15, -0.1) is 0 Å². The van der Waals surface area contributed by atoms with Gasteiger partial charge in [-0.2, -0.15) is 0 Å². The topological polar surface area (TPSA) is 68.3 Å². The van der Waals surface area contributed by atoms with Crippen LogP contribution in [-0.4, -0.2) is 5.91 Å². The van der Waals surface area contributed by atoms with Crippen molar-refractivity contribution in [2.75, 3.05) is 5.73 Å². The number of nitrogens with two attached hydrogens (primary N) is 1. The number of rotatable bonds is 0. The van der Waals surface area contributed by atoms with Gasteiger partial charge in [0, 0.05) is 18.2 Å². The number of nitrogen functional groups attached to an aromatic ring is 1. The third-order valence-electron chi connectivity index (χ3n) is 1.47. The molecule has 1 aliphatic heterocycles. The molecule has 0 atom stereocenters. The Morgan fingerprint density at radius 1 is 1.70 bits per heavy atom. The predicted molar refractivity (Wildman–Crippen MR) is 34.3 cm³/mol. The fourth-order valence-corrected chi connectivity index (χ4v) is 1.03. The quantitative estimate of drug-likeness (QED) is 0.534. The standard InChI is InChI=1S/C6H6N2O2/c7-4-1-3-2-8-6(9)5(3)10-4/h1H,2,7H2,(H,8,9). The minimum absolute atomic E-state index is 0.174. The molecule has 0 unspecified atom stereocenters. The largest absolute Gasteiger partial charge is 0.435 e. The molecule has 4 heteroatoms. The van der Waals surface area contributed by atoms with Crippen molar-refractivity contribution in [3.8, 4) is 0 Å². The molecule has 52 valence electrons. The number of fused-ring (bicyclic) bond motifs is 1. The van der Waals surface area contributed by atoms with Crippen LogP contribution in [0.15, 0.2) is 10.5 Å². The lowest BCUT2D eigenvalue weighted by Crippen LogP contribution is -2.12. The summed E-state index contributed by atoms with van der Waals surface area (Å²) in [7, 11) is 0. The zero-order valence-corrected chi connectivity index (χ0v) is 5.18. The van der Waals surface area contributed by atoms with E-state index in [2.05, 4.69) is 5.32 Å². The van der Waals surface area contributed by atoms with Crippen LogP contribution in [0.4, 0.5) is 5.88 Å². The third-order valence-corrected chi connectivity index (χ3v) is 1.47. The summed E-state index contributed by atoms with van der Waals surface area (Å²) >= 11 is 0. The monoisotopic (exact) mass is 138 g/mol. The van der Waals surface area contributed by atoms with E-state index in [9.17, 15) is 4.79 Å². The smallest absolute Gasteiger partial charge is 0.287 e. The lowest BCUT2D eigenvalue weighted by molar-refractivity contribution is 0.0942. The summed E-state index contributed by atoms with van der Waals surface area (Å²) in [5.41, 5.74) is 6.15. The van der Waals surface area contributed by atoms with Crippen molar-refractivity contribution in [2.45, 2.75) is 6.54 Å². The van der Waals surface area contributed by atoms with Gasteiger partial charge in [0.05, 0.1) is 0 Å². The third kappa shape index (κ3) is 0.528. The number of carbonyl (C=O) groups excluding carboxylic acids is 1. The van der Waals surface area contributed by atoms with Crippen molar-refractivity contribution in [3.63, 3.8) is 0 Å². The molecule has 1 amide bonds. The number of carbonyl (C=O) groups is 1. The van der Waals surface area contributed by atoms with Gasteiger partial charge >= 0.3 is 0 Å². The van der Waals surface area contributed by atoms with Crippen LogP contribution in [0.25, 0.3) is 0 Å². The van der Waals surface area contributed by atoms with E-state index in [0.717, 1.165) is 5.56 Å². The van der Waals surface area contributed by atoms with E-state index in [4.69, 9.17) is 10.2 Å². The van der Waals surface area contributed by atoms with Gasteiger partial charge in [-0.25, -0.2) is 0 Å². The highest BCUT2D eigenvalue weighted by Gasteiger charge is 2.23. The first-order valence-corrected chi connectivity index (χ1v) is 2.94. The van der Waals surface area contributed by atoms with Crippen LogP contribution < -0.4 is 11.1 Å². The fraction of sp³-hybridized carbons (Fsp3) is 0.167. The molecule has 0 saturated heterocycles. The molecule has 1 aliphatic rings. The average molecular weight is 138 g/mol. The SMILES string of the molecule is Nc1cc2c(o1)C(=O)NC2. The van der Waals surface area contributed by atoms with Crippen molar-refractivity contribution >= 4 is 11.8 Å². The van der Waals surface area contributed by atoms with E-state index >= 15 is 0 Å². The lowest BCUT2D eigenvalue weighted by Gasteiger charge is -1.87. The first-order valence-electron chi connectivity index (χ1n) is 2.94. The first kappa shape index (κ1) is 5.34. The van der Waals surface area contributed by atoms with Crippen molar-refractivity contribution in [2.24, 2.45) is 0 Å². The molecule has 4 nitrogen and oxygen atoms in total. The van der Waals surface area contributed by atoms with E-state index in [0.29, 0.717) is 18.2 Å². The summed E-state index contributed by atoms with van der Waals surface area (Å²) in [6.45, 7) is 0.537. The molecule has 1 aromatic heterocycles. The van der Waals surface area contributed by atoms with Crippen LogP contribution in [0, 0.1) is 0 Å². The Labute approximate surface area is 57.0 Å². The molecule has 0 aromatic carbocycles. The van der Waals surface area contributed by atoms with Crippen LogP contribution in [0.3, 0.4) is 0 Å². The molecule has 3 N–H and O–H groups in total. The molecular formula is C6H6N2O2. The maximum atomic E-state index is 10.8. The van der Waals surface area contributed by atoms with E-state index in [1.807, 2.05) is 0 Å². The molecule has 2 rings (SSSR count). The maximum absolute atomic E-state index is 10.8. The second-order valence-electron chi connectivity index (χ2n) is 2.19. The normalized spacial score (nSPS) is 15.0. The summed E-state index contributed by atoms with van der Waals surface area (Å²) in [6, 6.07) is 1.66. The van der Waals surface area contributed by atoms with Crippen LogP contribution in [0.2, 0.25) is 0 Å². The molecule has 0 spiro atoms. The Morgan fingerprint density at radius 2 is 2.50 bits per heavy atom. The van der Waals surface area contributed by atoms with Gasteiger partial charge in [-0.3, -0.25) is 4.79 Å². The molecule has 0 aliphatic carbocycles. The highest BCUT2D eigenvalue weighted by atomic mass is 16.4. The summed E-state index contributed by atoms with van der Waals surface area (Å²) in [5, 5.41) is 2.60. The summed E-state index contributed by atoms with van der Waals surface area (Å²) in [4.78, 5) is 10.8. The van der Waals surface area contributed by atoms with Gasteiger partial charge in [-0.1, -0.05) is 0 Å². The number of hydrogen-bond donors (Lipinski definition) is 2. The zero-order chi connectivity index (χ0) is 7.14. The summed E-state index contributed by atoms with van der Waals surface area (Å²) in [5.74, 6) is 0.490. The highest BCUT2D eigenvalue weighted by molar-refractivity contribution is 5.96. The van der Waals surface area contributed by atoms with E-state index in [-0.39, 0.29) is 5.91 Å². The van der Waals surface area contributed by atoms with Gasteiger partial charge in [-0.05, 0) is 0 Å². The highest BCUT2D eigenvalue weighted by Crippen LogP contribution is 2.20. The number of amides is 1. The van der Waals surface area contributed by atoms with Gasteiger partial charge in [0.1, 0.15) is 0 Å². The molecule has 2 heterocycles. The van der Waals surface area contributed by atoms with Gasteiger partial charge < -0.3 is 15.5 Å². The van der Waals surface area contributed by atoms with Crippen LogP contribution in [-0.2, 0) is 6.54 Å². The van der Waals surface area contributed by atoms with Crippen LogP contribution >= 0.6 is 0 Å². The average Bonchev–Trinajstić information content (AvgIpc) is 2.35. The van der Waals surface area contributed by atoms with Crippen molar-refractivity contribution in [1.29, 1.82) is 0 Å². The van der Waals surface area contributed by atoms with Gasteiger partial charge in [0.2, 0.25) is 0 Å². The number of nitrogens with one attached hydrogen (secondary N) is 1. The Morgan fingerprint density at radius 3 is 3.20 bits per heavy atom. The Balaban J connectivity index is 2.59. The van der Waals surface area contributed by atoms with Crippen molar-refractivity contribution in [1.82, 2.24) is 5.32 Å². The second kappa shape index (κ2) is 1.53.